The van der Waals surface area contributed by atoms with Gasteiger partial charge in [0.1, 0.15) is 0 Å². The zero-order valence-corrected chi connectivity index (χ0v) is 11.3. The molecule has 3 rings (SSSR count). The molecule has 0 amide bonds. The molecule has 1 aliphatic rings. The van der Waals surface area contributed by atoms with Gasteiger partial charge >= 0.3 is 0 Å². The van der Waals surface area contributed by atoms with Gasteiger partial charge < -0.3 is 5.73 Å². The molecule has 1 atom stereocenters. The van der Waals surface area contributed by atoms with Crippen LogP contribution in [0.5, 0.6) is 0 Å². The molecule has 0 spiro atoms. The fourth-order valence-electron chi connectivity index (χ4n) is 2.81. The van der Waals surface area contributed by atoms with E-state index in [1.807, 2.05) is 11.3 Å². The van der Waals surface area contributed by atoms with E-state index in [0.29, 0.717) is 6.04 Å². The Kier molecular flexibility index (Phi) is 3.23. The first-order chi connectivity index (χ1) is 8.81. The van der Waals surface area contributed by atoms with Crippen LogP contribution < -0.4 is 5.73 Å². The van der Waals surface area contributed by atoms with Gasteiger partial charge in [-0.05, 0) is 42.7 Å². The Morgan fingerprint density at radius 1 is 1.11 bits per heavy atom. The van der Waals surface area contributed by atoms with E-state index in [4.69, 9.17) is 5.73 Å². The highest BCUT2D eigenvalue weighted by Crippen LogP contribution is 2.51. The molecule has 1 heterocycles. The van der Waals surface area contributed by atoms with Crippen molar-refractivity contribution in [3.8, 4) is 0 Å². The highest BCUT2D eigenvalue weighted by atomic mass is 32.1. The summed E-state index contributed by atoms with van der Waals surface area (Å²) in [5.41, 5.74) is 8.18. The van der Waals surface area contributed by atoms with E-state index < -0.39 is 0 Å². The minimum atomic E-state index is 0.276. The largest absolute Gasteiger partial charge is 0.327 e. The lowest BCUT2D eigenvalue weighted by atomic mass is 9.86. The maximum atomic E-state index is 6.47. The maximum absolute atomic E-state index is 6.47. The molecule has 1 nitrogen and oxygen atoms in total. The molecule has 1 aliphatic carbocycles. The Hall–Kier alpha value is -1.12. The molecule has 0 bridgehead atoms. The van der Waals surface area contributed by atoms with Crippen LogP contribution in [0.3, 0.4) is 0 Å². The number of hydrogen-bond donors (Lipinski definition) is 1. The van der Waals surface area contributed by atoms with Gasteiger partial charge in [0.15, 0.2) is 0 Å². The number of thiophene rings is 1. The van der Waals surface area contributed by atoms with Gasteiger partial charge in [-0.2, -0.15) is 0 Å². The molecule has 2 N–H and O–H groups in total. The minimum absolute atomic E-state index is 0.276. The van der Waals surface area contributed by atoms with Crippen LogP contribution in [0.2, 0.25) is 0 Å². The van der Waals surface area contributed by atoms with Crippen molar-refractivity contribution in [2.45, 2.75) is 37.1 Å². The van der Waals surface area contributed by atoms with Crippen LogP contribution in [0.25, 0.3) is 0 Å². The van der Waals surface area contributed by atoms with E-state index >= 15 is 0 Å². The summed E-state index contributed by atoms with van der Waals surface area (Å²) in [5.74, 6) is 0. The molecule has 2 heteroatoms. The molecule has 2 aromatic rings. The van der Waals surface area contributed by atoms with Crippen molar-refractivity contribution in [3.05, 3.63) is 58.3 Å². The summed E-state index contributed by atoms with van der Waals surface area (Å²) in [5, 5.41) is 2.14. The predicted octanol–water partition coefficient (Wildman–Crippen LogP) is 3.74. The van der Waals surface area contributed by atoms with Gasteiger partial charge in [-0.1, -0.05) is 36.4 Å². The quantitative estimate of drug-likeness (QED) is 0.867. The average molecular weight is 257 g/mol. The second-order valence-corrected chi connectivity index (χ2v) is 6.28. The summed E-state index contributed by atoms with van der Waals surface area (Å²) in [6.45, 7) is 0. The summed E-state index contributed by atoms with van der Waals surface area (Å²) in [4.78, 5) is 1.45. The van der Waals surface area contributed by atoms with E-state index in [0.717, 1.165) is 12.8 Å². The standard InChI is InChI=1S/C16H19NS/c17-15(9-8-14-7-4-12-18-14)16(10-11-16)13-5-2-1-3-6-13/h1-7,12,15H,8-11,17H2. The van der Waals surface area contributed by atoms with Gasteiger partial charge in [-0.25, -0.2) is 0 Å². The van der Waals surface area contributed by atoms with Gasteiger partial charge in [0.05, 0.1) is 0 Å². The monoisotopic (exact) mass is 257 g/mol. The van der Waals surface area contributed by atoms with Crippen LogP contribution in [0.4, 0.5) is 0 Å². The van der Waals surface area contributed by atoms with Crippen LogP contribution in [0.1, 0.15) is 29.7 Å². The molecular weight excluding hydrogens is 238 g/mol. The molecular formula is C16H19NS. The van der Waals surface area contributed by atoms with Crippen LogP contribution in [0.15, 0.2) is 47.8 Å². The number of benzene rings is 1. The van der Waals surface area contributed by atoms with E-state index in [2.05, 4.69) is 47.8 Å². The van der Waals surface area contributed by atoms with Crippen molar-refractivity contribution < 1.29 is 0 Å². The normalized spacial score (nSPS) is 18.5. The molecule has 1 unspecified atom stereocenters. The van der Waals surface area contributed by atoms with Crippen LogP contribution >= 0.6 is 11.3 Å². The van der Waals surface area contributed by atoms with Gasteiger partial charge in [0.25, 0.3) is 0 Å². The van der Waals surface area contributed by atoms with E-state index in [-0.39, 0.29) is 5.41 Å². The first-order valence-electron chi connectivity index (χ1n) is 6.65. The van der Waals surface area contributed by atoms with Gasteiger partial charge in [0, 0.05) is 16.3 Å². The first kappa shape index (κ1) is 11.9. The van der Waals surface area contributed by atoms with Gasteiger partial charge in [-0.3, -0.25) is 0 Å². The van der Waals surface area contributed by atoms with Crippen molar-refractivity contribution in [2.24, 2.45) is 5.73 Å². The second-order valence-electron chi connectivity index (χ2n) is 5.25. The molecule has 0 radical (unpaired) electrons. The molecule has 0 aliphatic heterocycles. The zero-order chi connectivity index (χ0) is 12.4. The lowest BCUT2D eigenvalue weighted by Crippen LogP contribution is -2.35. The third-order valence-corrected chi connectivity index (χ3v) is 5.07. The van der Waals surface area contributed by atoms with E-state index in [1.165, 1.54) is 23.3 Å². The summed E-state index contributed by atoms with van der Waals surface area (Å²) in [6.07, 6.45) is 4.72. The minimum Gasteiger partial charge on any atom is -0.327 e. The topological polar surface area (TPSA) is 26.0 Å². The van der Waals surface area contributed by atoms with Gasteiger partial charge in [0.2, 0.25) is 0 Å². The lowest BCUT2D eigenvalue weighted by molar-refractivity contribution is 0.486. The lowest BCUT2D eigenvalue weighted by Gasteiger charge is -2.23. The third kappa shape index (κ3) is 2.23. The Balaban J connectivity index is 1.67. The Labute approximate surface area is 113 Å². The summed E-state index contributed by atoms with van der Waals surface area (Å²) < 4.78 is 0. The van der Waals surface area contributed by atoms with Crippen LogP contribution in [-0.2, 0) is 11.8 Å². The maximum Gasteiger partial charge on any atom is 0.0140 e. The van der Waals surface area contributed by atoms with E-state index in [1.54, 1.807) is 0 Å². The Bertz CT molecular complexity index is 485. The van der Waals surface area contributed by atoms with Gasteiger partial charge in [-0.15, -0.1) is 11.3 Å². The van der Waals surface area contributed by atoms with Crippen molar-refractivity contribution in [1.82, 2.24) is 0 Å². The Morgan fingerprint density at radius 2 is 1.89 bits per heavy atom. The number of aryl methyl sites for hydroxylation is 1. The van der Waals surface area contributed by atoms with Crippen molar-refractivity contribution in [2.75, 3.05) is 0 Å². The molecule has 1 aromatic carbocycles. The molecule has 94 valence electrons. The highest BCUT2D eigenvalue weighted by Gasteiger charge is 2.48. The summed E-state index contributed by atoms with van der Waals surface area (Å²) >= 11 is 1.84. The van der Waals surface area contributed by atoms with Crippen molar-refractivity contribution in [3.63, 3.8) is 0 Å². The predicted molar refractivity (Wildman–Crippen MR) is 78.0 cm³/mol. The number of nitrogens with two attached hydrogens (primary N) is 1. The average Bonchev–Trinajstić information content (AvgIpc) is 3.07. The summed E-state index contributed by atoms with van der Waals surface area (Å²) in [7, 11) is 0. The number of rotatable bonds is 5. The SMILES string of the molecule is NC(CCc1cccs1)C1(c2ccccc2)CC1. The fourth-order valence-corrected chi connectivity index (χ4v) is 3.53. The molecule has 1 saturated carbocycles. The second kappa shape index (κ2) is 4.87. The number of hydrogen-bond acceptors (Lipinski definition) is 2. The van der Waals surface area contributed by atoms with Crippen molar-refractivity contribution >= 4 is 11.3 Å². The van der Waals surface area contributed by atoms with Crippen molar-refractivity contribution in [1.29, 1.82) is 0 Å². The molecule has 1 fully saturated rings. The first-order valence-corrected chi connectivity index (χ1v) is 7.53. The molecule has 1 aromatic heterocycles. The Morgan fingerprint density at radius 3 is 2.50 bits per heavy atom. The molecule has 0 saturated heterocycles. The summed E-state index contributed by atoms with van der Waals surface area (Å²) in [6, 6.07) is 15.4. The fraction of sp³-hybridized carbons (Fsp3) is 0.375. The smallest absolute Gasteiger partial charge is 0.0140 e. The third-order valence-electron chi connectivity index (χ3n) is 4.13. The highest BCUT2D eigenvalue weighted by molar-refractivity contribution is 7.09. The van der Waals surface area contributed by atoms with Crippen LogP contribution in [0, 0.1) is 0 Å². The van der Waals surface area contributed by atoms with E-state index in [9.17, 15) is 0 Å². The molecule has 18 heavy (non-hydrogen) atoms. The van der Waals surface area contributed by atoms with Crippen LogP contribution in [-0.4, -0.2) is 6.04 Å². The zero-order valence-electron chi connectivity index (χ0n) is 10.5.